The van der Waals surface area contributed by atoms with Crippen LogP contribution in [-0.4, -0.2) is 45.2 Å². The molecule has 1 amide bonds. The molecule has 2 bridgehead atoms. The van der Waals surface area contributed by atoms with Crippen molar-refractivity contribution < 1.29 is 19.1 Å². The van der Waals surface area contributed by atoms with E-state index in [4.69, 9.17) is 9.47 Å². The molecule has 2 aliphatic heterocycles. The Balaban J connectivity index is 2.10. The SMILES string of the molecule is CC(C)(C)OC(=O)N1C[C@@]2(CI)C[C@@H]1C(=O)O2. The Kier molecular flexibility index (Phi) is 3.04. The van der Waals surface area contributed by atoms with Crippen LogP contribution in [-0.2, 0) is 14.3 Å². The molecule has 0 aliphatic carbocycles. The van der Waals surface area contributed by atoms with E-state index < -0.39 is 23.3 Å². The van der Waals surface area contributed by atoms with Crippen LogP contribution >= 0.6 is 22.6 Å². The Morgan fingerprint density at radius 3 is 2.76 bits per heavy atom. The number of carbonyl (C=O) groups excluding carboxylic acids is 2. The molecule has 0 saturated carbocycles. The molecule has 0 unspecified atom stereocenters. The predicted octanol–water partition coefficient (Wildman–Crippen LogP) is 1.73. The second-order valence-electron chi connectivity index (χ2n) is 5.57. The van der Waals surface area contributed by atoms with Crippen LogP contribution in [0, 0.1) is 0 Å². The van der Waals surface area contributed by atoms with Crippen molar-refractivity contribution in [1.29, 1.82) is 0 Å². The van der Waals surface area contributed by atoms with Crippen LogP contribution in [0.4, 0.5) is 4.79 Å². The second kappa shape index (κ2) is 4.00. The Labute approximate surface area is 114 Å². The van der Waals surface area contributed by atoms with Crippen molar-refractivity contribution in [3.8, 4) is 0 Å². The van der Waals surface area contributed by atoms with Crippen molar-refractivity contribution in [3.05, 3.63) is 0 Å². The van der Waals surface area contributed by atoms with Gasteiger partial charge < -0.3 is 9.47 Å². The van der Waals surface area contributed by atoms with E-state index >= 15 is 0 Å². The number of hydrogen-bond acceptors (Lipinski definition) is 4. The van der Waals surface area contributed by atoms with Gasteiger partial charge in [-0.3, -0.25) is 4.90 Å². The van der Waals surface area contributed by atoms with Crippen molar-refractivity contribution in [3.63, 3.8) is 0 Å². The van der Waals surface area contributed by atoms with Gasteiger partial charge in [0, 0.05) is 10.8 Å². The topological polar surface area (TPSA) is 55.8 Å². The molecule has 0 aromatic heterocycles. The molecule has 6 heteroatoms. The predicted molar refractivity (Wildman–Crippen MR) is 69.1 cm³/mol. The van der Waals surface area contributed by atoms with E-state index in [2.05, 4.69) is 22.6 Å². The van der Waals surface area contributed by atoms with E-state index in [-0.39, 0.29) is 5.97 Å². The van der Waals surface area contributed by atoms with Gasteiger partial charge in [-0.2, -0.15) is 0 Å². The fourth-order valence-corrected chi connectivity index (χ4v) is 2.86. The van der Waals surface area contributed by atoms with Gasteiger partial charge in [-0.05, 0) is 20.8 Å². The Morgan fingerprint density at radius 1 is 1.65 bits per heavy atom. The number of halogens is 1. The summed E-state index contributed by atoms with van der Waals surface area (Å²) in [7, 11) is 0. The summed E-state index contributed by atoms with van der Waals surface area (Å²) in [5.74, 6) is -0.307. The van der Waals surface area contributed by atoms with E-state index in [1.807, 2.05) is 20.8 Å². The van der Waals surface area contributed by atoms with Crippen LogP contribution in [0.25, 0.3) is 0 Å². The van der Waals surface area contributed by atoms with Crippen LogP contribution < -0.4 is 0 Å². The smallest absolute Gasteiger partial charge is 0.411 e. The molecular weight excluding hydrogens is 337 g/mol. The first-order chi connectivity index (χ1) is 7.76. The first-order valence-corrected chi connectivity index (χ1v) is 7.07. The van der Waals surface area contributed by atoms with Gasteiger partial charge in [0.2, 0.25) is 0 Å². The maximum absolute atomic E-state index is 11.9. The number of morpholine rings is 1. The van der Waals surface area contributed by atoms with Gasteiger partial charge in [0.25, 0.3) is 0 Å². The van der Waals surface area contributed by atoms with Gasteiger partial charge in [0.15, 0.2) is 0 Å². The summed E-state index contributed by atoms with van der Waals surface area (Å²) in [4.78, 5) is 25.0. The molecule has 0 aromatic carbocycles. The normalized spacial score (nSPS) is 31.6. The van der Waals surface area contributed by atoms with Crippen molar-refractivity contribution in [1.82, 2.24) is 4.90 Å². The molecule has 2 fully saturated rings. The highest BCUT2D eigenvalue weighted by Crippen LogP contribution is 2.40. The zero-order valence-electron chi connectivity index (χ0n) is 10.2. The highest BCUT2D eigenvalue weighted by atomic mass is 127. The number of hydrogen-bond donors (Lipinski definition) is 0. The lowest BCUT2D eigenvalue weighted by Gasteiger charge is -2.32. The van der Waals surface area contributed by atoms with E-state index in [0.717, 1.165) is 0 Å². The number of alkyl halides is 1. The zero-order valence-corrected chi connectivity index (χ0v) is 12.3. The summed E-state index contributed by atoms with van der Waals surface area (Å²) < 4.78 is 11.3. The standard InChI is InChI=1S/C11H16INO4/c1-10(2,3)17-9(15)13-6-11(5-12)4-7(13)8(14)16-11/h7H,4-6H2,1-3H3/t7-,11+/m1/s1. The molecule has 5 nitrogen and oxygen atoms in total. The first kappa shape index (κ1) is 12.9. The summed E-state index contributed by atoms with van der Waals surface area (Å²) in [5, 5.41) is 0. The third kappa shape index (κ3) is 2.36. The van der Waals surface area contributed by atoms with Gasteiger partial charge in [-0.25, -0.2) is 9.59 Å². The maximum Gasteiger partial charge on any atom is 0.411 e. The quantitative estimate of drug-likeness (QED) is 0.409. The summed E-state index contributed by atoms with van der Waals surface area (Å²) in [5.41, 5.74) is -1.03. The molecule has 0 aromatic rings. The molecular formula is C11H16INO4. The third-order valence-corrected chi connectivity index (χ3v) is 4.25. The van der Waals surface area contributed by atoms with Crippen LogP contribution in [0.2, 0.25) is 0 Å². The average Bonchev–Trinajstić information content (AvgIpc) is 2.70. The number of esters is 1. The van der Waals surface area contributed by atoms with E-state index in [1.54, 1.807) is 0 Å². The minimum Gasteiger partial charge on any atom is -0.455 e. The lowest BCUT2D eigenvalue weighted by atomic mass is 10.1. The van der Waals surface area contributed by atoms with Crippen LogP contribution in [0.5, 0.6) is 0 Å². The summed E-state index contributed by atoms with van der Waals surface area (Å²) in [6.07, 6.45) is 0.166. The molecule has 96 valence electrons. The second-order valence-corrected chi connectivity index (χ2v) is 6.33. The number of amides is 1. The number of likely N-dealkylation sites (tertiary alicyclic amines) is 1. The van der Waals surface area contributed by atoms with Gasteiger partial charge in [-0.15, -0.1) is 0 Å². The van der Waals surface area contributed by atoms with Crippen molar-refractivity contribution in [2.75, 3.05) is 11.0 Å². The first-order valence-electron chi connectivity index (χ1n) is 5.55. The number of fused-ring (bicyclic) bond motifs is 2. The minimum atomic E-state index is -0.541. The number of ether oxygens (including phenoxy) is 2. The van der Waals surface area contributed by atoms with Crippen LogP contribution in [0.15, 0.2) is 0 Å². The summed E-state index contributed by atoms with van der Waals surface area (Å²) in [6.45, 7) is 5.88. The molecule has 2 rings (SSSR count). The molecule has 0 radical (unpaired) electrons. The van der Waals surface area contributed by atoms with Crippen molar-refractivity contribution in [2.45, 2.75) is 44.4 Å². The molecule has 0 spiro atoms. The van der Waals surface area contributed by atoms with Gasteiger partial charge in [-0.1, -0.05) is 22.6 Å². The van der Waals surface area contributed by atoms with Gasteiger partial charge >= 0.3 is 12.1 Å². The highest BCUT2D eigenvalue weighted by molar-refractivity contribution is 14.1. The lowest BCUT2D eigenvalue weighted by molar-refractivity contribution is -0.157. The average molecular weight is 353 g/mol. The number of carbonyl (C=O) groups is 2. The third-order valence-electron chi connectivity index (χ3n) is 2.86. The summed E-state index contributed by atoms with van der Waals surface area (Å²) in [6, 6.07) is -0.459. The minimum absolute atomic E-state index is 0.307. The van der Waals surface area contributed by atoms with Gasteiger partial charge in [0.1, 0.15) is 17.2 Å². The molecule has 17 heavy (non-hydrogen) atoms. The lowest BCUT2D eigenvalue weighted by Crippen LogP contribution is -2.50. The Bertz CT molecular complexity index is 365. The van der Waals surface area contributed by atoms with E-state index in [1.165, 1.54) is 4.90 Å². The fraction of sp³-hybridized carbons (Fsp3) is 0.818. The highest BCUT2D eigenvalue weighted by Gasteiger charge is 2.58. The van der Waals surface area contributed by atoms with Crippen LogP contribution in [0.3, 0.4) is 0 Å². The Morgan fingerprint density at radius 2 is 2.29 bits per heavy atom. The summed E-state index contributed by atoms with van der Waals surface area (Å²) >= 11 is 2.18. The maximum atomic E-state index is 11.9. The van der Waals surface area contributed by atoms with E-state index in [9.17, 15) is 9.59 Å². The number of rotatable bonds is 1. The largest absolute Gasteiger partial charge is 0.455 e. The Hall–Kier alpha value is -0.530. The van der Waals surface area contributed by atoms with Gasteiger partial charge in [0.05, 0.1) is 6.54 Å². The monoisotopic (exact) mass is 353 g/mol. The van der Waals surface area contributed by atoms with Crippen LogP contribution in [0.1, 0.15) is 27.2 Å². The molecule has 2 heterocycles. The van der Waals surface area contributed by atoms with Crippen molar-refractivity contribution in [2.24, 2.45) is 0 Å². The zero-order chi connectivity index (χ0) is 12.8. The molecule has 2 saturated heterocycles. The molecule has 0 N–H and O–H groups in total. The molecule has 2 atom stereocenters. The van der Waals surface area contributed by atoms with E-state index in [0.29, 0.717) is 17.4 Å². The number of nitrogens with zero attached hydrogens (tertiary/aromatic N) is 1. The molecule has 2 aliphatic rings. The van der Waals surface area contributed by atoms with Crippen molar-refractivity contribution >= 4 is 34.7 Å². The fourth-order valence-electron chi connectivity index (χ4n) is 2.15.